The Morgan fingerprint density at radius 2 is 1.96 bits per heavy atom. The van der Waals surface area contributed by atoms with Crippen LogP contribution in [0.15, 0.2) is 55.1 Å². The van der Waals surface area contributed by atoms with Gasteiger partial charge in [-0.3, -0.25) is 9.59 Å². The Kier molecular flexibility index (Phi) is 7.70. The monoisotopic (exact) mass is 376 g/mol. The number of thiophene rings is 1. The van der Waals surface area contributed by atoms with E-state index in [2.05, 4.69) is 11.9 Å². The maximum Gasteiger partial charge on any atom is 0.224 e. The summed E-state index contributed by atoms with van der Waals surface area (Å²) in [6.07, 6.45) is 2.27. The smallest absolute Gasteiger partial charge is 0.224 e. The minimum atomic E-state index is -0.0840. The Hall–Kier alpha value is -2.11. The summed E-state index contributed by atoms with van der Waals surface area (Å²) < 4.78 is 0.703. The second kappa shape index (κ2) is 10.0. The van der Waals surface area contributed by atoms with Crippen molar-refractivity contribution in [3.63, 3.8) is 0 Å². The van der Waals surface area contributed by atoms with Gasteiger partial charge >= 0.3 is 0 Å². The summed E-state index contributed by atoms with van der Waals surface area (Å²) in [5, 5.41) is 2.80. The van der Waals surface area contributed by atoms with Gasteiger partial charge in [0.15, 0.2) is 0 Å². The zero-order valence-corrected chi connectivity index (χ0v) is 15.5. The molecule has 0 spiro atoms. The van der Waals surface area contributed by atoms with Gasteiger partial charge in [0.05, 0.1) is 17.3 Å². The van der Waals surface area contributed by atoms with Crippen LogP contribution in [0, 0.1) is 0 Å². The molecule has 1 aromatic carbocycles. The number of nitrogens with one attached hydrogen (secondary N) is 1. The van der Waals surface area contributed by atoms with E-state index >= 15 is 0 Å². The average Bonchev–Trinajstić information content (AvgIpc) is 3.00. The van der Waals surface area contributed by atoms with Crippen molar-refractivity contribution < 1.29 is 9.59 Å². The second-order valence-electron chi connectivity index (χ2n) is 5.53. The van der Waals surface area contributed by atoms with Crippen LogP contribution in [-0.2, 0) is 22.6 Å². The summed E-state index contributed by atoms with van der Waals surface area (Å²) in [5.74, 6) is -0.108. The van der Waals surface area contributed by atoms with Crippen LogP contribution in [-0.4, -0.2) is 29.8 Å². The lowest BCUT2D eigenvalue weighted by molar-refractivity contribution is -0.131. The first-order valence-electron chi connectivity index (χ1n) is 8.02. The summed E-state index contributed by atoms with van der Waals surface area (Å²) in [6.45, 7) is 4.99. The van der Waals surface area contributed by atoms with Gasteiger partial charge in [-0.1, -0.05) is 48.0 Å². The molecule has 1 aromatic heterocycles. The molecule has 132 valence electrons. The minimum Gasteiger partial charge on any atom is -0.355 e. The molecule has 2 amide bonds. The molecule has 1 N–H and O–H groups in total. The van der Waals surface area contributed by atoms with Crippen molar-refractivity contribution in [1.29, 1.82) is 0 Å². The SMILES string of the molecule is C=CCN(Cc1ccc(Cl)s1)C(=O)CCNC(=O)Cc1ccccc1. The largest absolute Gasteiger partial charge is 0.355 e. The molecule has 0 atom stereocenters. The fourth-order valence-electron chi connectivity index (χ4n) is 2.35. The summed E-state index contributed by atoms with van der Waals surface area (Å²) in [5.41, 5.74) is 0.953. The average molecular weight is 377 g/mol. The molecule has 0 aliphatic rings. The fraction of sp³-hybridized carbons (Fsp3) is 0.263. The standard InChI is InChI=1S/C19H21ClN2O2S/c1-2-12-22(14-16-8-9-17(20)25-16)19(24)10-11-21-18(23)13-15-6-4-3-5-7-15/h2-9H,1,10-14H2,(H,21,23). The molecule has 0 bridgehead atoms. The van der Waals surface area contributed by atoms with Crippen LogP contribution in [0.2, 0.25) is 4.34 Å². The first kappa shape index (κ1) is 19.2. The Labute approximate surface area is 157 Å². The predicted octanol–water partition coefficient (Wildman–Crippen LogP) is 3.67. The van der Waals surface area contributed by atoms with Gasteiger partial charge in [0.25, 0.3) is 0 Å². The minimum absolute atomic E-state index is 0.0237. The van der Waals surface area contributed by atoms with Crippen molar-refractivity contribution >= 4 is 34.8 Å². The molecular weight excluding hydrogens is 356 g/mol. The van der Waals surface area contributed by atoms with Crippen LogP contribution in [0.25, 0.3) is 0 Å². The highest BCUT2D eigenvalue weighted by molar-refractivity contribution is 7.16. The van der Waals surface area contributed by atoms with E-state index in [1.165, 1.54) is 11.3 Å². The zero-order valence-electron chi connectivity index (χ0n) is 13.9. The Bertz CT molecular complexity index is 715. The fourth-order valence-corrected chi connectivity index (χ4v) is 3.45. The lowest BCUT2D eigenvalue weighted by atomic mass is 10.1. The number of carbonyl (C=O) groups is 2. The molecule has 6 heteroatoms. The molecule has 0 unspecified atom stereocenters. The number of benzene rings is 1. The van der Waals surface area contributed by atoms with E-state index in [4.69, 9.17) is 11.6 Å². The summed E-state index contributed by atoms with van der Waals surface area (Å²) in [7, 11) is 0. The van der Waals surface area contributed by atoms with Crippen LogP contribution in [0.3, 0.4) is 0 Å². The van der Waals surface area contributed by atoms with Crippen molar-refractivity contribution in [1.82, 2.24) is 10.2 Å². The number of amides is 2. The molecule has 0 aliphatic heterocycles. The van der Waals surface area contributed by atoms with Crippen molar-refractivity contribution in [2.45, 2.75) is 19.4 Å². The Morgan fingerprint density at radius 3 is 2.60 bits per heavy atom. The third-order valence-electron chi connectivity index (χ3n) is 3.55. The van der Waals surface area contributed by atoms with Crippen molar-refractivity contribution in [2.24, 2.45) is 0 Å². The van der Waals surface area contributed by atoms with E-state index in [0.29, 0.717) is 30.4 Å². The van der Waals surface area contributed by atoms with E-state index in [9.17, 15) is 9.59 Å². The highest BCUT2D eigenvalue weighted by Gasteiger charge is 2.14. The molecule has 0 saturated carbocycles. The van der Waals surface area contributed by atoms with Gasteiger partial charge in [-0.2, -0.15) is 0 Å². The maximum atomic E-state index is 12.4. The normalized spacial score (nSPS) is 10.3. The van der Waals surface area contributed by atoms with E-state index in [-0.39, 0.29) is 18.2 Å². The van der Waals surface area contributed by atoms with Gasteiger partial charge in [-0.15, -0.1) is 17.9 Å². The van der Waals surface area contributed by atoms with Crippen LogP contribution < -0.4 is 5.32 Å². The number of carbonyl (C=O) groups excluding carboxylic acids is 2. The van der Waals surface area contributed by atoms with Crippen molar-refractivity contribution in [3.05, 3.63) is 69.9 Å². The Balaban J connectivity index is 1.78. The third-order valence-corrected chi connectivity index (χ3v) is 4.76. The molecule has 2 rings (SSSR count). The molecule has 25 heavy (non-hydrogen) atoms. The maximum absolute atomic E-state index is 12.4. The van der Waals surface area contributed by atoms with Crippen LogP contribution in [0.5, 0.6) is 0 Å². The topological polar surface area (TPSA) is 49.4 Å². The molecule has 0 radical (unpaired) electrons. The molecule has 1 heterocycles. The van der Waals surface area contributed by atoms with E-state index in [1.54, 1.807) is 11.0 Å². The zero-order chi connectivity index (χ0) is 18.1. The van der Waals surface area contributed by atoms with Gasteiger partial charge in [0, 0.05) is 24.4 Å². The number of hydrogen-bond donors (Lipinski definition) is 1. The number of rotatable bonds is 9. The van der Waals surface area contributed by atoms with Gasteiger partial charge in [-0.05, 0) is 17.7 Å². The summed E-state index contributed by atoms with van der Waals surface area (Å²) in [4.78, 5) is 27.0. The van der Waals surface area contributed by atoms with Gasteiger partial charge in [0.1, 0.15) is 0 Å². The van der Waals surface area contributed by atoms with Gasteiger partial charge in [0.2, 0.25) is 11.8 Å². The first-order chi connectivity index (χ1) is 12.1. The van der Waals surface area contributed by atoms with E-state index in [1.807, 2.05) is 42.5 Å². The summed E-state index contributed by atoms with van der Waals surface area (Å²) in [6, 6.07) is 13.3. The number of halogens is 1. The lowest BCUT2D eigenvalue weighted by Gasteiger charge is -2.20. The number of nitrogens with zero attached hydrogens (tertiary/aromatic N) is 1. The lowest BCUT2D eigenvalue weighted by Crippen LogP contribution is -2.34. The molecular formula is C19H21ClN2O2S. The summed E-state index contributed by atoms with van der Waals surface area (Å²) >= 11 is 7.39. The van der Waals surface area contributed by atoms with Gasteiger partial charge in [-0.25, -0.2) is 0 Å². The predicted molar refractivity (Wildman–Crippen MR) is 103 cm³/mol. The van der Waals surface area contributed by atoms with Crippen LogP contribution in [0.1, 0.15) is 16.9 Å². The molecule has 4 nitrogen and oxygen atoms in total. The van der Waals surface area contributed by atoms with E-state index < -0.39 is 0 Å². The molecule has 2 aromatic rings. The molecule has 0 aliphatic carbocycles. The van der Waals surface area contributed by atoms with Crippen molar-refractivity contribution in [2.75, 3.05) is 13.1 Å². The number of hydrogen-bond acceptors (Lipinski definition) is 3. The second-order valence-corrected chi connectivity index (χ2v) is 7.33. The third kappa shape index (κ3) is 6.72. The van der Waals surface area contributed by atoms with Crippen LogP contribution >= 0.6 is 22.9 Å². The molecule has 0 saturated heterocycles. The molecule has 0 fully saturated rings. The highest BCUT2D eigenvalue weighted by atomic mass is 35.5. The van der Waals surface area contributed by atoms with Gasteiger partial charge < -0.3 is 10.2 Å². The highest BCUT2D eigenvalue weighted by Crippen LogP contribution is 2.22. The quantitative estimate of drug-likeness (QED) is 0.679. The Morgan fingerprint density at radius 1 is 1.20 bits per heavy atom. The first-order valence-corrected chi connectivity index (χ1v) is 9.21. The van der Waals surface area contributed by atoms with E-state index in [0.717, 1.165) is 10.4 Å². The van der Waals surface area contributed by atoms with Crippen LogP contribution in [0.4, 0.5) is 0 Å². The van der Waals surface area contributed by atoms with Crippen molar-refractivity contribution in [3.8, 4) is 0 Å².